The van der Waals surface area contributed by atoms with Gasteiger partial charge >= 0.3 is 0 Å². The number of piperazine rings is 1. The quantitative estimate of drug-likeness (QED) is 0.704. The monoisotopic (exact) mass is 365 g/mol. The minimum absolute atomic E-state index is 0.192. The maximum atomic E-state index is 9.09. The second-order valence-corrected chi connectivity index (χ2v) is 6.67. The van der Waals surface area contributed by atoms with Gasteiger partial charge in [-0.15, -0.1) is 0 Å². The molecule has 4 rings (SSSR count). The van der Waals surface area contributed by atoms with Crippen LogP contribution in [0.4, 0.5) is 17.5 Å². The van der Waals surface area contributed by atoms with Gasteiger partial charge in [0.2, 0.25) is 5.95 Å². The summed E-state index contributed by atoms with van der Waals surface area (Å²) in [5.74, 6) is 1.36. The van der Waals surface area contributed by atoms with Crippen molar-refractivity contribution < 1.29 is 5.11 Å². The van der Waals surface area contributed by atoms with Crippen LogP contribution in [-0.2, 0) is 0 Å². The summed E-state index contributed by atoms with van der Waals surface area (Å²) in [5.41, 5.74) is 3.56. The molecule has 1 fully saturated rings. The first kappa shape index (κ1) is 17.6. The number of nitrogens with zero attached hydrogens (tertiary/aromatic N) is 6. The van der Waals surface area contributed by atoms with Gasteiger partial charge in [0.05, 0.1) is 12.8 Å². The molecule has 0 radical (unpaired) electrons. The Morgan fingerprint density at radius 3 is 2.74 bits per heavy atom. The fraction of sp³-hybridized carbons (Fsp3) is 0.368. The average Bonchev–Trinajstić information content (AvgIpc) is 2.69. The molecular weight excluding hydrogens is 342 g/mol. The zero-order valence-electron chi connectivity index (χ0n) is 15.3. The van der Waals surface area contributed by atoms with Gasteiger partial charge in [-0.25, -0.2) is 19.9 Å². The molecule has 2 aromatic heterocycles. The fourth-order valence-electron chi connectivity index (χ4n) is 3.26. The first-order valence-corrected chi connectivity index (χ1v) is 9.12. The molecule has 0 aliphatic carbocycles. The Labute approximate surface area is 157 Å². The number of aliphatic hydroxyl groups is 1. The van der Waals surface area contributed by atoms with Crippen molar-refractivity contribution in [1.82, 2.24) is 24.8 Å². The topological polar surface area (TPSA) is 90.3 Å². The molecule has 8 nitrogen and oxygen atoms in total. The Hall–Kier alpha value is -2.84. The van der Waals surface area contributed by atoms with E-state index in [1.54, 1.807) is 6.20 Å². The van der Waals surface area contributed by atoms with E-state index < -0.39 is 0 Å². The van der Waals surface area contributed by atoms with Crippen molar-refractivity contribution >= 4 is 28.5 Å². The van der Waals surface area contributed by atoms with E-state index in [2.05, 4.69) is 49.1 Å². The summed E-state index contributed by atoms with van der Waals surface area (Å²) < 4.78 is 0. The normalized spacial score (nSPS) is 15.3. The first-order chi connectivity index (χ1) is 13.2. The Morgan fingerprint density at radius 2 is 1.96 bits per heavy atom. The van der Waals surface area contributed by atoms with E-state index in [1.165, 1.54) is 11.9 Å². The molecule has 1 aliphatic heterocycles. The summed E-state index contributed by atoms with van der Waals surface area (Å²) in [4.78, 5) is 22.3. The molecule has 0 spiro atoms. The highest BCUT2D eigenvalue weighted by molar-refractivity contribution is 5.87. The number of aromatic nitrogens is 4. The van der Waals surface area contributed by atoms with Crippen molar-refractivity contribution in [2.45, 2.75) is 6.92 Å². The number of rotatable bonds is 5. The van der Waals surface area contributed by atoms with E-state index in [1.807, 2.05) is 12.1 Å². The minimum Gasteiger partial charge on any atom is -0.395 e. The third kappa shape index (κ3) is 3.96. The molecule has 1 aromatic carbocycles. The molecule has 1 aliphatic rings. The molecule has 27 heavy (non-hydrogen) atoms. The standard InChI is InChI=1S/C19H23N7O/c1-14-3-2-4-15(11-14)23-18-17-16(21-13-22-18)12-20-19(24-17)26-7-5-25(6-8-26)9-10-27/h2-4,11-13,27H,5-10H2,1H3,(H,21,22,23). The largest absolute Gasteiger partial charge is 0.395 e. The van der Waals surface area contributed by atoms with Crippen LogP contribution < -0.4 is 10.2 Å². The van der Waals surface area contributed by atoms with Gasteiger partial charge in [0.25, 0.3) is 0 Å². The third-order valence-corrected chi connectivity index (χ3v) is 4.72. The van der Waals surface area contributed by atoms with Gasteiger partial charge in [-0.2, -0.15) is 0 Å². The highest BCUT2D eigenvalue weighted by atomic mass is 16.3. The van der Waals surface area contributed by atoms with E-state index in [0.29, 0.717) is 29.3 Å². The maximum Gasteiger partial charge on any atom is 0.226 e. The zero-order valence-corrected chi connectivity index (χ0v) is 15.3. The highest BCUT2D eigenvalue weighted by Gasteiger charge is 2.19. The second kappa shape index (κ2) is 7.81. The lowest BCUT2D eigenvalue weighted by molar-refractivity contribution is 0.188. The van der Waals surface area contributed by atoms with Gasteiger partial charge in [0, 0.05) is 38.4 Å². The predicted molar refractivity (Wildman–Crippen MR) is 105 cm³/mol. The molecule has 0 amide bonds. The lowest BCUT2D eigenvalue weighted by Gasteiger charge is -2.34. The van der Waals surface area contributed by atoms with Crippen LogP contribution >= 0.6 is 0 Å². The smallest absolute Gasteiger partial charge is 0.226 e. The summed E-state index contributed by atoms with van der Waals surface area (Å²) >= 11 is 0. The molecule has 0 saturated carbocycles. The molecule has 1 saturated heterocycles. The van der Waals surface area contributed by atoms with Gasteiger partial charge in [0.15, 0.2) is 5.82 Å². The number of hydrogen-bond donors (Lipinski definition) is 2. The number of aliphatic hydroxyl groups excluding tert-OH is 1. The van der Waals surface area contributed by atoms with E-state index >= 15 is 0 Å². The molecule has 3 heterocycles. The molecular formula is C19H23N7O. The van der Waals surface area contributed by atoms with Crippen LogP contribution in [0.5, 0.6) is 0 Å². The number of anilines is 3. The Balaban J connectivity index is 1.60. The maximum absolute atomic E-state index is 9.09. The summed E-state index contributed by atoms with van der Waals surface area (Å²) in [6, 6.07) is 8.13. The zero-order chi connectivity index (χ0) is 18.6. The van der Waals surface area contributed by atoms with Crippen LogP contribution in [0.2, 0.25) is 0 Å². The highest BCUT2D eigenvalue weighted by Crippen LogP contribution is 2.23. The van der Waals surface area contributed by atoms with Crippen LogP contribution in [0.15, 0.2) is 36.8 Å². The van der Waals surface area contributed by atoms with E-state index in [9.17, 15) is 0 Å². The molecule has 0 unspecified atom stereocenters. The van der Waals surface area contributed by atoms with Crippen molar-refractivity contribution in [2.24, 2.45) is 0 Å². The van der Waals surface area contributed by atoms with Crippen molar-refractivity contribution in [3.8, 4) is 0 Å². The Kier molecular flexibility index (Phi) is 5.08. The molecule has 2 N–H and O–H groups in total. The number of aryl methyl sites for hydroxylation is 1. The van der Waals surface area contributed by atoms with Crippen LogP contribution in [-0.4, -0.2) is 69.3 Å². The van der Waals surface area contributed by atoms with Crippen LogP contribution in [0.3, 0.4) is 0 Å². The van der Waals surface area contributed by atoms with Crippen molar-refractivity contribution in [1.29, 1.82) is 0 Å². The van der Waals surface area contributed by atoms with Crippen molar-refractivity contribution in [3.05, 3.63) is 42.4 Å². The lowest BCUT2D eigenvalue weighted by Crippen LogP contribution is -2.47. The third-order valence-electron chi connectivity index (χ3n) is 4.72. The minimum atomic E-state index is 0.192. The summed E-state index contributed by atoms with van der Waals surface area (Å²) in [6.07, 6.45) is 3.28. The van der Waals surface area contributed by atoms with Gasteiger partial charge in [-0.1, -0.05) is 12.1 Å². The number of benzene rings is 1. The number of nitrogens with one attached hydrogen (secondary N) is 1. The van der Waals surface area contributed by atoms with Crippen molar-refractivity contribution in [3.63, 3.8) is 0 Å². The fourth-order valence-corrected chi connectivity index (χ4v) is 3.26. The van der Waals surface area contributed by atoms with Gasteiger partial charge in [-0.05, 0) is 24.6 Å². The average molecular weight is 365 g/mol. The number of fused-ring (bicyclic) bond motifs is 1. The Bertz CT molecular complexity index is 925. The van der Waals surface area contributed by atoms with Crippen LogP contribution in [0.1, 0.15) is 5.56 Å². The van der Waals surface area contributed by atoms with E-state index in [4.69, 9.17) is 10.1 Å². The predicted octanol–water partition coefficient (Wildman–Crippen LogP) is 1.59. The molecule has 3 aromatic rings. The molecule has 0 bridgehead atoms. The van der Waals surface area contributed by atoms with E-state index in [0.717, 1.165) is 31.9 Å². The van der Waals surface area contributed by atoms with Crippen LogP contribution in [0, 0.1) is 6.92 Å². The van der Waals surface area contributed by atoms with Gasteiger partial charge in [0.1, 0.15) is 17.4 Å². The SMILES string of the molecule is Cc1cccc(Nc2ncnc3cnc(N4CCN(CCO)CC4)nc23)c1. The number of β-amino-alcohol motifs (C(OH)–C–C–N with tert-alkyl or cyclic N) is 1. The molecule has 140 valence electrons. The molecule has 8 heteroatoms. The van der Waals surface area contributed by atoms with Gasteiger partial charge in [-0.3, -0.25) is 4.90 Å². The summed E-state index contributed by atoms with van der Waals surface area (Å²) in [6.45, 7) is 6.41. The second-order valence-electron chi connectivity index (χ2n) is 6.67. The summed E-state index contributed by atoms with van der Waals surface area (Å²) in [7, 11) is 0. The first-order valence-electron chi connectivity index (χ1n) is 9.12. The Morgan fingerprint density at radius 1 is 1.11 bits per heavy atom. The van der Waals surface area contributed by atoms with Crippen molar-refractivity contribution in [2.75, 3.05) is 49.5 Å². The van der Waals surface area contributed by atoms with Crippen LogP contribution in [0.25, 0.3) is 11.0 Å². The number of hydrogen-bond acceptors (Lipinski definition) is 8. The lowest BCUT2D eigenvalue weighted by atomic mass is 10.2. The van der Waals surface area contributed by atoms with E-state index in [-0.39, 0.29) is 6.61 Å². The van der Waals surface area contributed by atoms with Gasteiger partial charge < -0.3 is 15.3 Å². The molecule has 0 atom stereocenters. The summed E-state index contributed by atoms with van der Waals surface area (Å²) in [5, 5.41) is 12.4.